The topological polar surface area (TPSA) is 70.7 Å². The lowest BCUT2D eigenvalue weighted by atomic mass is 10.1. The molecule has 28 heavy (non-hydrogen) atoms. The minimum atomic E-state index is -4.44. The van der Waals surface area contributed by atoms with Gasteiger partial charge in [-0.3, -0.25) is 4.79 Å². The Morgan fingerprint density at radius 1 is 1.14 bits per heavy atom. The summed E-state index contributed by atoms with van der Waals surface area (Å²) >= 11 is 1.17. The number of anilines is 1. The van der Waals surface area contributed by atoms with Crippen LogP contribution < -0.4 is 5.32 Å². The smallest absolute Gasteiger partial charge is 0.338 e. The van der Waals surface area contributed by atoms with Crippen molar-refractivity contribution in [3.8, 4) is 11.4 Å². The van der Waals surface area contributed by atoms with E-state index in [2.05, 4.69) is 19.7 Å². The second-order valence-corrected chi connectivity index (χ2v) is 6.96. The van der Waals surface area contributed by atoms with Crippen LogP contribution >= 0.6 is 11.5 Å². The third kappa shape index (κ3) is 3.48. The van der Waals surface area contributed by atoms with E-state index in [-0.39, 0.29) is 17.3 Å². The molecule has 1 amide bonds. The molecule has 0 saturated carbocycles. The molecule has 0 spiro atoms. The van der Waals surface area contributed by atoms with Gasteiger partial charge in [0.1, 0.15) is 16.3 Å². The van der Waals surface area contributed by atoms with Crippen molar-refractivity contribution in [2.24, 2.45) is 0 Å². The standard InChI is InChI=1S/C19H13F3N4OS/c1-10-8-15(28-26-10)24-18(27)13-6-3-7-14-16(13)25-17(23-14)11-4-2-5-12(9-11)19(20,21)22/h2-9H,1H3,(H,23,25)(H,24,27). The number of para-hydroxylation sites is 1. The van der Waals surface area contributed by atoms with Gasteiger partial charge in [0, 0.05) is 5.56 Å². The number of nitrogens with one attached hydrogen (secondary N) is 2. The van der Waals surface area contributed by atoms with Crippen molar-refractivity contribution in [2.75, 3.05) is 5.32 Å². The normalized spacial score (nSPS) is 11.7. The van der Waals surface area contributed by atoms with Crippen molar-refractivity contribution >= 4 is 33.5 Å². The number of halogens is 3. The molecule has 0 aliphatic carbocycles. The zero-order valence-electron chi connectivity index (χ0n) is 14.5. The van der Waals surface area contributed by atoms with E-state index in [1.165, 1.54) is 23.7 Å². The molecule has 0 saturated heterocycles. The maximum absolute atomic E-state index is 13.0. The Hall–Kier alpha value is -3.20. The minimum Gasteiger partial charge on any atom is -0.338 e. The Bertz CT molecular complexity index is 1180. The molecule has 9 heteroatoms. The van der Waals surface area contributed by atoms with Crippen molar-refractivity contribution in [3.05, 3.63) is 65.4 Å². The summed E-state index contributed by atoms with van der Waals surface area (Å²) in [4.78, 5) is 20.0. The van der Waals surface area contributed by atoms with Crippen LogP contribution in [0.5, 0.6) is 0 Å². The third-order valence-electron chi connectivity index (χ3n) is 4.09. The van der Waals surface area contributed by atoms with E-state index in [0.717, 1.165) is 17.8 Å². The van der Waals surface area contributed by atoms with E-state index in [1.54, 1.807) is 24.3 Å². The van der Waals surface area contributed by atoms with Gasteiger partial charge < -0.3 is 10.3 Å². The molecule has 0 aliphatic rings. The first-order chi connectivity index (χ1) is 13.3. The van der Waals surface area contributed by atoms with Gasteiger partial charge in [-0.2, -0.15) is 17.5 Å². The third-order valence-corrected chi connectivity index (χ3v) is 4.88. The largest absolute Gasteiger partial charge is 0.416 e. The lowest BCUT2D eigenvalue weighted by molar-refractivity contribution is -0.137. The number of hydrogen-bond acceptors (Lipinski definition) is 4. The molecule has 142 valence electrons. The second-order valence-electron chi connectivity index (χ2n) is 6.15. The van der Waals surface area contributed by atoms with Crippen LogP contribution in [-0.4, -0.2) is 20.2 Å². The molecular weight excluding hydrogens is 389 g/mol. The SMILES string of the molecule is Cc1cc(NC(=O)c2cccc3[nH]c(-c4cccc(C(F)(F)F)c4)nc23)sn1. The first-order valence-electron chi connectivity index (χ1n) is 8.22. The number of alkyl halides is 3. The lowest BCUT2D eigenvalue weighted by Gasteiger charge is -2.07. The van der Waals surface area contributed by atoms with Crippen LogP contribution in [0.2, 0.25) is 0 Å². The van der Waals surface area contributed by atoms with E-state index in [1.807, 2.05) is 6.92 Å². The van der Waals surface area contributed by atoms with Gasteiger partial charge in [0.25, 0.3) is 5.91 Å². The number of nitrogens with zero attached hydrogens (tertiary/aromatic N) is 2. The van der Waals surface area contributed by atoms with Crippen LogP contribution in [0.3, 0.4) is 0 Å². The van der Waals surface area contributed by atoms with E-state index in [0.29, 0.717) is 21.6 Å². The number of amides is 1. The summed E-state index contributed by atoms with van der Waals surface area (Å²) < 4.78 is 43.0. The van der Waals surface area contributed by atoms with E-state index in [4.69, 9.17) is 0 Å². The number of imidazole rings is 1. The van der Waals surface area contributed by atoms with Gasteiger partial charge in [0.15, 0.2) is 0 Å². The molecule has 4 rings (SSSR count). The number of hydrogen-bond donors (Lipinski definition) is 2. The summed E-state index contributed by atoms with van der Waals surface area (Å²) in [6, 6.07) is 11.7. The van der Waals surface area contributed by atoms with E-state index in [9.17, 15) is 18.0 Å². The Labute approximate surface area is 161 Å². The molecular formula is C19H13F3N4OS. The number of fused-ring (bicyclic) bond motifs is 1. The summed E-state index contributed by atoms with van der Waals surface area (Å²) in [5.74, 6) is -0.105. The van der Waals surface area contributed by atoms with Gasteiger partial charge in [-0.25, -0.2) is 4.98 Å². The number of rotatable bonds is 3. The van der Waals surface area contributed by atoms with Crippen LogP contribution in [0.4, 0.5) is 18.2 Å². The Morgan fingerprint density at radius 3 is 2.64 bits per heavy atom. The highest BCUT2D eigenvalue weighted by Gasteiger charge is 2.30. The van der Waals surface area contributed by atoms with Crippen LogP contribution in [-0.2, 0) is 6.18 Å². The second kappa shape index (κ2) is 6.75. The quantitative estimate of drug-likeness (QED) is 0.491. The predicted molar refractivity (Wildman–Crippen MR) is 101 cm³/mol. The van der Waals surface area contributed by atoms with Crippen LogP contribution in [0.25, 0.3) is 22.4 Å². The molecule has 0 aliphatic heterocycles. The zero-order valence-corrected chi connectivity index (χ0v) is 15.3. The number of carbonyl (C=O) groups excluding carboxylic acids is 1. The van der Waals surface area contributed by atoms with Crippen molar-refractivity contribution in [1.82, 2.24) is 14.3 Å². The molecule has 0 bridgehead atoms. The first-order valence-corrected chi connectivity index (χ1v) is 8.99. The average molecular weight is 402 g/mol. The zero-order chi connectivity index (χ0) is 19.9. The predicted octanol–water partition coefficient (Wildman–Crippen LogP) is 5.27. The van der Waals surface area contributed by atoms with Crippen molar-refractivity contribution < 1.29 is 18.0 Å². The molecule has 0 unspecified atom stereocenters. The Kier molecular flexibility index (Phi) is 4.38. The fourth-order valence-electron chi connectivity index (χ4n) is 2.80. The maximum Gasteiger partial charge on any atom is 0.416 e. The molecule has 0 radical (unpaired) electrons. The number of aromatic nitrogens is 3. The van der Waals surface area contributed by atoms with Gasteiger partial charge in [-0.15, -0.1) is 0 Å². The molecule has 2 heterocycles. The fraction of sp³-hybridized carbons (Fsp3) is 0.105. The van der Waals surface area contributed by atoms with Crippen molar-refractivity contribution in [1.29, 1.82) is 0 Å². The van der Waals surface area contributed by atoms with Gasteiger partial charge in [0.2, 0.25) is 0 Å². The van der Waals surface area contributed by atoms with Gasteiger partial charge in [-0.1, -0.05) is 18.2 Å². The van der Waals surface area contributed by atoms with E-state index < -0.39 is 11.7 Å². The number of carbonyl (C=O) groups is 1. The summed E-state index contributed by atoms with van der Waals surface area (Å²) in [5.41, 5.74) is 1.58. The lowest BCUT2D eigenvalue weighted by Crippen LogP contribution is -2.11. The number of H-pyrrole nitrogens is 1. The highest BCUT2D eigenvalue weighted by atomic mass is 32.1. The maximum atomic E-state index is 13.0. The van der Waals surface area contributed by atoms with Crippen LogP contribution in [0.1, 0.15) is 21.6 Å². The van der Waals surface area contributed by atoms with Crippen molar-refractivity contribution in [2.45, 2.75) is 13.1 Å². The molecule has 5 nitrogen and oxygen atoms in total. The monoisotopic (exact) mass is 402 g/mol. The first kappa shape index (κ1) is 18.2. The van der Waals surface area contributed by atoms with E-state index >= 15 is 0 Å². The van der Waals surface area contributed by atoms with Gasteiger partial charge in [0.05, 0.1) is 22.3 Å². The van der Waals surface area contributed by atoms with Gasteiger partial charge >= 0.3 is 6.18 Å². The highest BCUT2D eigenvalue weighted by molar-refractivity contribution is 7.10. The number of aromatic amines is 1. The average Bonchev–Trinajstić information content (AvgIpc) is 3.26. The summed E-state index contributed by atoms with van der Waals surface area (Å²) in [7, 11) is 0. The van der Waals surface area contributed by atoms with Crippen LogP contribution in [0.15, 0.2) is 48.5 Å². The fourth-order valence-corrected chi connectivity index (χ4v) is 3.45. The minimum absolute atomic E-state index is 0.259. The van der Waals surface area contributed by atoms with Gasteiger partial charge in [-0.05, 0) is 48.8 Å². The molecule has 2 aromatic carbocycles. The Balaban J connectivity index is 1.72. The van der Waals surface area contributed by atoms with Crippen molar-refractivity contribution in [3.63, 3.8) is 0 Å². The number of aryl methyl sites for hydroxylation is 1. The molecule has 2 N–H and O–H groups in total. The Morgan fingerprint density at radius 2 is 1.93 bits per heavy atom. The molecule has 0 fully saturated rings. The molecule has 0 atom stereocenters. The summed E-state index contributed by atoms with van der Waals surface area (Å²) in [6.45, 7) is 1.82. The molecule has 4 aromatic rings. The van der Waals surface area contributed by atoms with Crippen LogP contribution in [0, 0.1) is 6.92 Å². The highest BCUT2D eigenvalue weighted by Crippen LogP contribution is 2.32. The number of benzene rings is 2. The molecule has 2 aromatic heterocycles. The summed E-state index contributed by atoms with van der Waals surface area (Å²) in [5, 5.41) is 3.37. The summed E-state index contributed by atoms with van der Waals surface area (Å²) in [6.07, 6.45) is -4.44.